The first-order valence-electron chi connectivity index (χ1n) is 17.3. The lowest BCUT2D eigenvalue weighted by molar-refractivity contribution is 1.17. The Morgan fingerprint density at radius 2 is 0.980 bits per heavy atom. The zero-order valence-electron chi connectivity index (χ0n) is 27.7. The quantitative estimate of drug-likeness (QED) is 0.127. The van der Waals surface area contributed by atoms with Gasteiger partial charge in [0.05, 0.1) is 16.7 Å². The molecule has 51 heavy (non-hydrogen) atoms. The summed E-state index contributed by atoms with van der Waals surface area (Å²) in [6, 6.07) is 68.1. The Bertz CT molecular complexity index is 2870. The molecule has 0 N–H and O–H groups in total. The second kappa shape index (κ2) is 12.0. The van der Waals surface area contributed by atoms with E-state index in [-0.39, 0.29) is 0 Å². The van der Waals surface area contributed by atoms with E-state index in [4.69, 9.17) is 0 Å². The molecule has 0 amide bonds. The van der Waals surface area contributed by atoms with Crippen LogP contribution >= 0.6 is 15.9 Å². The molecular formula is C48H31BrN2. The summed E-state index contributed by atoms with van der Waals surface area (Å²) in [4.78, 5) is 2.46. The molecule has 1 aromatic heterocycles. The van der Waals surface area contributed by atoms with Crippen LogP contribution in [0.4, 0.5) is 17.1 Å². The molecule has 0 bridgehead atoms. The number of aromatic nitrogens is 1. The van der Waals surface area contributed by atoms with E-state index in [0.717, 1.165) is 27.2 Å². The highest BCUT2D eigenvalue weighted by molar-refractivity contribution is 9.10. The number of fused-ring (bicyclic) bond motifs is 7. The van der Waals surface area contributed by atoms with Gasteiger partial charge in [-0.05, 0) is 85.7 Å². The van der Waals surface area contributed by atoms with E-state index in [1.807, 2.05) is 0 Å². The van der Waals surface area contributed by atoms with Crippen LogP contribution in [-0.4, -0.2) is 4.57 Å². The predicted molar refractivity (Wildman–Crippen MR) is 221 cm³/mol. The maximum Gasteiger partial charge on any atom is 0.0619 e. The molecule has 10 rings (SSSR count). The topological polar surface area (TPSA) is 8.17 Å². The fourth-order valence-corrected chi connectivity index (χ4v) is 8.69. The average molecular weight is 716 g/mol. The number of hydrogen-bond donors (Lipinski definition) is 0. The van der Waals surface area contributed by atoms with Crippen molar-refractivity contribution >= 4 is 87.1 Å². The van der Waals surface area contributed by atoms with Gasteiger partial charge in [-0.3, -0.25) is 0 Å². The van der Waals surface area contributed by atoms with Crippen molar-refractivity contribution in [3.05, 3.63) is 193 Å². The van der Waals surface area contributed by atoms with Gasteiger partial charge in [0.2, 0.25) is 0 Å². The second-order valence-corrected chi connectivity index (χ2v) is 13.8. The first kappa shape index (κ1) is 29.7. The van der Waals surface area contributed by atoms with E-state index in [2.05, 4.69) is 213 Å². The molecule has 0 aliphatic carbocycles. The lowest BCUT2D eigenvalue weighted by Crippen LogP contribution is -2.12. The molecule has 0 unspecified atom stereocenters. The predicted octanol–water partition coefficient (Wildman–Crippen LogP) is 14.1. The van der Waals surface area contributed by atoms with Gasteiger partial charge < -0.3 is 9.47 Å². The highest BCUT2D eigenvalue weighted by atomic mass is 79.9. The first-order valence-corrected chi connectivity index (χ1v) is 18.1. The molecule has 3 heteroatoms. The van der Waals surface area contributed by atoms with E-state index in [0.29, 0.717) is 0 Å². The van der Waals surface area contributed by atoms with E-state index in [9.17, 15) is 0 Å². The summed E-state index contributed by atoms with van der Waals surface area (Å²) in [5, 5.41) is 9.72. The zero-order valence-corrected chi connectivity index (χ0v) is 29.3. The number of para-hydroxylation sites is 2. The van der Waals surface area contributed by atoms with Gasteiger partial charge in [-0.2, -0.15) is 0 Å². The van der Waals surface area contributed by atoms with Crippen molar-refractivity contribution in [2.24, 2.45) is 0 Å². The van der Waals surface area contributed by atoms with Gasteiger partial charge in [-0.1, -0.05) is 146 Å². The van der Waals surface area contributed by atoms with Crippen LogP contribution in [0.2, 0.25) is 0 Å². The highest BCUT2D eigenvalue weighted by Crippen LogP contribution is 2.49. The van der Waals surface area contributed by atoms with Crippen molar-refractivity contribution in [1.82, 2.24) is 4.57 Å². The summed E-state index contributed by atoms with van der Waals surface area (Å²) in [7, 11) is 0. The van der Waals surface area contributed by atoms with Gasteiger partial charge in [0, 0.05) is 48.5 Å². The molecule has 0 saturated heterocycles. The van der Waals surface area contributed by atoms with Crippen LogP contribution in [0.5, 0.6) is 0 Å². The monoisotopic (exact) mass is 714 g/mol. The Morgan fingerprint density at radius 1 is 0.392 bits per heavy atom. The van der Waals surface area contributed by atoms with Crippen molar-refractivity contribution in [3.63, 3.8) is 0 Å². The van der Waals surface area contributed by atoms with Crippen molar-refractivity contribution in [2.75, 3.05) is 4.90 Å². The average Bonchev–Trinajstić information content (AvgIpc) is 3.54. The summed E-state index contributed by atoms with van der Waals surface area (Å²) in [5.74, 6) is 0. The highest BCUT2D eigenvalue weighted by Gasteiger charge is 2.23. The Morgan fingerprint density at radius 3 is 1.71 bits per heavy atom. The summed E-state index contributed by atoms with van der Waals surface area (Å²) in [6.45, 7) is 0. The number of halogens is 1. The van der Waals surface area contributed by atoms with Gasteiger partial charge in [0.1, 0.15) is 0 Å². The molecule has 2 nitrogen and oxygen atoms in total. The van der Waals surface area contributed by atoms with Crippen LogP contribution in [0.15, 0.2) is 193 Å². The van der Waals surface area contributed by atoms with Crippen LogP contribution < -0.4 is 4.90 Å². The number of nitrogens with zero attached hydrogens (tertiary/aromatic N) is 2. The van der Waals surface area contributed by atoms with Crippen LogP contribution in [0.1, 0.15) is 0 Å². The summed E-state index contributed by atoms with van der Waals surface area (Å²) < 4.78 is 3.52. The van der Waals surface area contributed by atoms with E-state index < -0.39 is 0 Å². The van der Waals surface area contributed by atoms with Crippen LogP contribution in [-0.2, 0) is 0 Å². The lowest BCUT2D eigenvalue weighted by atomic mass is 9.95. The molecule has 9 aromatic carbocycles. The van der Waals surface area contributed by atoms with Crippen LogP contribution in [0, 0.1) is 0 Å². The van der Waals surface area contributed by atoms with E-state index >= 15 is 0 Å². The summed E-state index contributed by atoms with van der Waals surface area (Å²) in [6.07, 6.45) is 0. The smallest absolute Gasteiger partial charge is 0.0619 e. The summed E-state index contributed by atoms with van der Waals surface area (Å²) in [5.41, 5.74) is 9.24. The molecule has 0 aliphatic heterocycles. The van der Waals surface area contributed by atoms with Crippen molar-refractivity contribution in [3.8, 4) is 16.8 Å². The standard InChI is InChI=1S/C48H31BrN2/c49-47-41-21-6-7-22-42(41)48(43-30-27-34-15-4-5-18-38(34)46(43)47)50(35-28-25-33(26-29-35)32-13-2-1-3-14-32)36-16-12-17-37(31-36)51-44-23-10-8-19-39(44)40-20-9-11-24-45(40)51/h1-31H. The molecule has 0 radical (unpaired) electrons. The fourth-order valence-electron chi connectivity index (χ4n) is 7.92. The van der Waals surface area contributed by atoms with Crippen molar-refractivity contribution < 1.29 is 0 Å². The second-order valence-electron chi connectivity index (χ2n) is 13.1. The number of rotatable bonds is 5. The Hall–Kier alpha value is -6.16. The molecule has 240 valence electrons. The minimum absolute atomic E-state index is 1.09. The largest absolute Gasteiger partial charge is 0.309 e. The van der Waals surface area contributed by atoms with Gasteiger partial charge in [-0.15, -0.1) is 0 Å². The minimum atomic E-state index is 1.09. The first-order chi connectivity index (χ1) is 25.2. The van der Waals surface area contributed by atoms with E-state index in [1.165, 1.54) is 65.3 Å². The zero-order chi connectivity index (χ0) is 33.9. The summed E-state index contributed by atoms with van der Waals surface area (Å²) >= 11 is 4.10. The molecular weight excluding hydrogens is 684 g/mol. The normalized spacial score (nSPS) is 11.6. The van der Waals surface area contributed by atoms with Gasteiger partial charge in [-0.25, -0.2) is 0 Å². The van der Waals surface area contributed by atoms with Crippen molar-refractivity contribution in [2.45, 2.75) is 0 Å². The van der Waals surface area contributed by atoms with Gasteiger partial charge >= 0.3 is 0 Å². The lowest BCUT2D eigenvalue weighted by Gasteiger charge is -2.30. The van der Waals surface area contributed by atoms with Gasteiger partial charge in [0.25, 0.3) is 0 Å². The van der Waals surface area contributed by atoms with Crippen molar-refractivity contribution in [1.29, 1.82) is 0 Å². The fraction of sp³-hybridized carbons (Fsp3) is 0. The molecule has 0 aliphatic rings. The molecule has 0 fully saturated rings. The SMILES string of the molecule is Brc1c2ccccc2c(N(c2ccc(-c3ccccc3)cc2)c2cccc(-n3c4ccccc4c4ccccc43)c2)c2ccc3ccccc3c12. The maximum atomic E-state index is 4.10. The third-order valence-corrected chi connectivity index (χ3v) is 11.0. The third-order valence-electron chi connectivity index (χ3n) is 10.2. The van der Waals surface area contributed by atoms with Crippen LogP contribution in [0.25, 0.3) is 70.9 Å². The van der Waals surface area contributed by atoms with Crippen LogP contribution in [0.3, 0.4) is 0 Å². The number of anilines is 3. The number of benzene rings is 9. The molecule has 1 heterocycles. The van der Waals surface area contributed by atoms with Gasteiger partial charge in [0.15, 0.2) is 0 Å². The number of hydrogen-bond acceptors (Lipinski definition) is 1. The maximum absolute atomic E-state index is 4.10. The Labute approximate surface area is 304 Å². The Balaban J connectivity index is 1.28. The molecule has 0 atom stereocenters. The minimum Gasteiger partial charge on any atom is -0.309 e. The third kappa shape index (κ3) is 4.77. The van der Waals surface area contributed by atoms with E-state index in [1.54, 1.807) is 0 Å². The molecule has 10 aromatic rings. The molecule has 0 saturated carbocycles. The molecule has 0 spiro atoms. The Kier molecular flexibility index (Phi) is 7.00.